The van der Waals surface area contributed by atoms with Crippen molar-refractivity contribution in [3.63, 3.8) is 0 Å². The number of carbonyl (C=O) groups is 1. The number of thioether (sulfide) groups is 1. The molecule has 0 saturated carbocycles. The van der Waals surface area contributed by atoms with Crippen LogP contribution in [0.1, 0.15) is 38.0 Å². The van der Waals surface area contributed by atoms with Crippen molar-refractivity contribution in [2.75, 3.05) is 10.7 Å². The fraction of sp³-hybridized carbons (Fsp3) is 0.300. The number of benzene rings is 1. The zero-order chi connectivity index (χ0) is 19.7. The van der Waals surface area contributed by atoms with E-state index in [1.165, 1.54) is 18.7 Å². The third-order valence-electron chi connectivity index (χ3n) is 4.29. The van der Waals surface area contributed by atoms with Gasteiger partial charge in [0.15, 0.2) is 11.5 Å². The molecule has 0 saturated heterocycles. The molecule has 3 heterocycles. The molecule has 0 bridgehead atoms. The first-order valence-corrected chi connectivity index (χ1v) is 10.1. The summed E-state index contributed by atoms with van der Waals surface area (Å²) >= 11 is 1.52. The second-order valence-corrected chi connectivity index (χ2v) is 7.48. The Hall–Kier alpha value is -2.87. The predicted octanol–water partition coefficient (Wildman–Crippen LogP) is 4.39. The Kier molecular flexibility index (Phi) is 5.04. The van der Waals surface area contributed by atoms with Crippen molar-refractivity contribution in [1.82, 2.24) is 15.2 Å². The number of nitrogens with zero attached hydrogens (tertiary/aromatic N) is 4. The van der Waals surface area contributed by atoms with E-state index in [1.807, 2.05) is 43.3 Å². The minimum Gasteiger partial charge on any atom is -0.460 e. The van der Waals surface area contributed by atoms with Gasteiger partial charge in [0.25, 0.3) is 0 Å². The summed E-state index contributed by atoms with van der Waals surface area (Å²) in [4.78, 5) is 18.7. The highest BCUT2D eigenvalue weighted by Gasteiger charge is 2.36. The third kappa shape index (κ3) is 3.35. The average molecular weight is 396 g/mol. The molecule has 0 radical (unpaired) electrons. The van der Waals surface area contributed by atoms with E-state index in [-0.39, 0.29) is 5.91 Å². The number of carbonyl (C=O) groups excluding carboxylic acids is 1. The minimum absolute atomic E-state index is 0.173. The Balaban J connectivity index is 1.89. The highest BCUT2D eigenvalue weighted by Crippen LogP contribution is 2.43. The van der Waals surface area contributed by atoms with E-state index in [9.17, 15) is 4.79 Å². The number of anilines is 1. The molecule has 1 aromatic carbocycles. The number of furan rings is 1. The van der Waals surface area contributed by atoms with Gasteiger partial charge in [-0.2, -0.15) is 4.98 Å². The summed E-state index contributed by atoms with van der Waals surface area (Å²) in [6, 6.07) is 11.2. The van der Waals surface area contributed by atoms with Gasteiger partial charge >= 0.3 is 0 Å². The van der Waals surface area contributed by atoms with Gasteiger partial charge in [-0.15, -0.1) is 10.2 Å². The number of aryl methyl sites for hydroxylation is 1. The summed E-state index contributed by atoms with van der Waals surface area (Å²) in [7, 11) is 0. The number of hydrogen-bond acceptors (Lipinski definition) is 7. The van der Waals surface area contributed by atoms with Crippen LogP contribution in [-0.4, -0.2) is 26.8 Å². The quantitative estimate of drug-likeness (QED) is 0.605. The Labute approximate surface area is 167 Å². The molecular formula is C20H20N4O3S. The number of para-hydroxylation sites is 1. The monoisotopic (exact) mass is 396 g/mol. The number of amides is 1. The molecular weight excluding hydrogens is 376 g/mol. The predicted molar refractivity (Wildman–Crippen MR) is 106 cm³/mol. The molecule has 1 aliphatic rings. The fourth-order valence-corrected chi connectivity index (χ4v) is 3.71. The first-order chi connectivity index (χ1) is 13.6. The topological polar surface area (TPSA) is 81.3 Å². The Morgan fingerprint density at radius 1 is 1.21 bits per heavy atom. The van der Waals surface area contributed by atoms with Crippen molar-refractivity contribution >= 4 is 23.4 Å². The first kappa shape index (κ1) is 18.5. The standard InChI is InChI=1S/C20H20N4O3S/c1-4-11-28-20-21-18-17(22-23-20)14-7-5-6-8-15(14)24(13(3)25)19(27-18)16-10-9-12(2)26-16/h5-10,19H,4,11H2,1-3H3/t19-/m1/s1. The number of hydrogen-bond donors (Lipinski definition) is 0. The van der Waals surface area contributed by atoms with E-state index >= 15 is 0 Å². The van der Waals surface area contributed by atoms with Crippen LogP contribution >= 0.6 is 11.8 Å². The second kappa shape index (κ2) is 7.63. The summed E-state index contributed by atoms with van der Waals surface area (Å²) in [5.74, 6) is 2.31. The minimum atomic E-state index is -0.783. The lowest BCUT2D eigenvalue weighted by Gasteiger charge is -2.28. The van der Waals surface area contributed by atoms with E-state index in [0.29, 0.717) is 28.2 Å². The van der Waals surface area contributed by atoms with Crippen LogP contribution in [0.3, 0.4) is 0 Å². The van der Waals surface area contributed by atoms with E-state index < -0.39 is 6.23 Å². The van der Waals surface area contributed by atoms with Gasteiger partial charge in [-0.05, 0) is 31.5 Å². The Morgan fingerprint density at radius 2 is 2.04 bits per heavy atom. The maximum absolute atomic E-state index is 12.6. The molecule has 144 valence electrons. The molecule has 1 amide bonds. The summed E-state index contributed by atoms with van der Waals surface area (Å²) in [6.45, 7) is 5.45. The van der Waals surface area contributed by atoms with Crippen LogP contribution in [0.25, 0.3) is 11.3 Å². The van der Waals surface area contributed by atoms with Crippen molar-refractivity contribution in [1.29, 1.82) is 0 Å². The zero-order valence-electron chi connectivity index (χ0n) is 15.9. The van der Waals surface area contributed by atoms with Crippen LogP contribution in [0.15, 0.2) is 46.0 Å². The van der Waals surface area contributed by atoms with Gasteiger partial charge in [-0.25, -0.2) is 0 Å². The maximum Gasteiger partial charge on any atom is 0.247 e. The van der Waals surface area contributed by atoms with Crippen LogP contribution in [-0.2, 0) is 4.79 Å². The van der Waals surface area contributed by atoms with Crippen LogP contribution in [0, 0.1) is 6.92 Å². The van der Waals surface area contributed by atoms with E-state index in [2.05, 4.69) is 22.1 Å². The van der Waals surface area contributed by atoms with Crippen molar-refractivity contribution in [2.45, 2.75) is 38.6 Å². The zero-order valence-corrected chi connectivity index (χ0v) is 16.7. The van der Waals surface area contributed by atoms with Gasteiger partial charge in [0.05, 0.1) is 5.69 Å². The van der Waals surface area contributed by atoms with Crippen LogP contribution < -0.4 is 9.64 Å². The van der Waals surface area contributed by atoms with Gasteiger partial charge in [0, 0.05) is 18.2 Å². The SMILES string of the molecule is CCCSc1nnc2c(n1)O[C@H](c1ccc(C)o1)N(C(C)=O)c1ccccc1-2. The lowest BCUT2D eigenvalue weighted by Crippen LogP contribution is -2.35. The summed E-state index contributed by atoms with van der Waals surface area (Å²) in [5.41, 5.74) is 1.93. The highest BCUT2D eigenvalue weighted by atomic mass is 32.2. The summed E-state index contributed by atoms with van der Waals surface area (Å²) in [6.07, 6.45) is 0.218. The molecule has 0 fully saturated rings. The first-order valence-electron chi connectivity index (χ1n) is 9.08. The lowest BCUT2D eigenvalue weighted by molar-refractivity contribution is -0.118. The number of fused-ring (bicyclic) bond motifs is 3. The molecule has 8 heteroatoms. The molecule has 4 rings (SSSR count). The van der Waals surface area contributed by atoms with Crippen LogP contribution in [0.5, 0.6) is 5.88 Å². The fourth-order valence-electron chi connectivity index (χ4n) is 3.08. The van der Waals surface area contributed by atoms with E-state index in [4.69, 9.17) is 9.15 Å². The van der Waals surface area contributed by atoms with Gasteiger partial charge in [-0.1, -0.05) is 36.9 Å². The molecule has 0 unspecified atom stereocenters. The smallest absolute Gasteiger partial charge is 0.247 e. The highest BCUT2D eigenvalue weighted by molar-refractivity contribution is 7.99. The Morgan fingerprint density at radius 3 is 2.75 bits per heavy atom. The Bertz CT molecular complexity index is 1020. The molecule has 1 aliphatic heterocycles. The molecule has 0 aliphatic carbocycles. The van der Waals surface area contributed by atoms with Crippen LogP contribution in [0.4, 0.5) is 5.69 Å². The maximum atomic E-state index is 12.6. The van der Waals surface area contributed by atoms with Crippen LogP contribution in [0.2, 0.25) is 0 Å². The molecule has 0 spiro atoms. The molecule has 7 nitrogen and oxygen atoms in total. The summed E-state index contributed by atoms with van der Waals surface area (Å²) < 4.78 is 12.0. The summed E-state index contributed by atoms with van der Waals surface area (Å²) in [5, 5.41) is 9.16. The average Bonchev–Trinajstić information content (AvgIpc) is 3.06. The number of ether oxygens (including phenoxy) is 1. The number of aromatic nitrogens is 3. The van der Waals surface area contributed by atoms with Gasteiger partial charge < -0.3 is 9.15 Å². The molecule has 3 aromatic rings. The van der Waals surface area contributed by atoms with Crippen molar-refractivity contribution in [3.8, 4) is 17.1 Å². The molecule has 1 atom stereocenters. The van der Waals surface area contributed by atoms with Gasteiger partial charge in [0.1, 0.15) is 5.76 Å². The lowest BCUT2D eigenvalue weighted by atomic mass is 10.1. The molecule has 2 aromatic heterocycles. The van der Waals surface area contributed by atoms with Crippen molar-refractivity contribution in [3.05, 3.63) is 47.9 Å². The van der Waals surface area contributed by atoms with E-state index in [1.54, 1.807) is 4.90 Å². The normalized spacial score (nSPS) is 15.4. The molecule has 28 heavy (non-hydrogen) atoms. The molecule has 0 N–H and O–H groups in total. The van der Waals surface area contributed by atoms with Crippen molar-refractivity contribution in [2.24, 2.45) is 0 Å². The number of rotatable bonds is 4. The largest absolute Gasteiger partial charge is 0.460 e. The van der Waals surface area contributed by atoms with Gasteiger partial charge in [0.2, 0.25) is 23.2 Å². The van der Waals surface area contributed by atoms with E-state index in [0.717, 1.165) is 23.5 Å². The third-order valence-corrected chi connectivity index (χ3v) is 5.33. The van der Waals surface area contributed by atoms with Gasteiger partial charge in [-0.3, -0.25) is 9.69 Å². The second-order valence-electron chi connectivity index (χ2n) is 6.42. The van der Waals surface area contributed by atoms with Crippen molar-refractivity contribution < 1.29 is 13.9 Å².